The van der Waals surface area contributed by atoms with Crippen molar-refractivity contribution in [1.29, 1.82) is 0 Å². The number of hydrogen-bond acceptors (Lipinski definition) is 5. The van der Waals surface area contributed by atoms with E-state index in [4.69, 9.17) is 14.2 Å². The number of methoxy groups -OCH3 is 2. The van der Waals surface area contributed by atoms with Crippen LogP contribution in [0, 0.1) is 11.8 Å². The van der Waals surface area contributed by atoms with E-state index in [0.717, 1.165) is 46.6 Å². The molecule has 0 saturated carbocycles. The Labute approximate surface area is 230 Å². The molecule has 202 valence electrons. The van der Waals surface area contributed by atoms with Crippen LogP contribution in [0.1, 0.15) is 45.6 Å². The van der Waals surface area contributed by atoms with Gasteiger partial charge < -0.3 is 24.4 Å². The van der Waals surface area contributed by atoms with Gasteiger partial charge in [0.05, 0.1) is 39.6 Å². The number of benzene rings is 4. The summed E-state index contributed by atoms with van der Waals surface area (Å²) in [5, 5.41) is 22.8. The maximum absolute atomic E-state index is 11.4. The number of aliphatic hydroxyl groups excluding tert-OH is 2. The van der Waals surface area contributed by atoms with Crippen molar-refractivity contribution in [3.05, 3.63) is 130 Å². The Morgan fingerprint density at radius 2 is 1.05 bits per heavy atom. The van der Waals surface area contributed by atoms with Crippen molar-refractivity contribution in [1.82, 2.24) is 0 Å². The summed E-state index contributed by atoms with van der Waals surface area (Å²) in [6, 6.07) is 32.2. The molecule has 4 aromatic rings. The molecular formula is C34H36O5. The van der Waals surface area contributed by atoms with Crippen LogP contribution < -0.4 is 9.47 Å². The van der Waals surface area contributed by atoms with Gasteiger partial charge in [0.15, 0.2) is 0 Å². The maximum atomic E-state index is 11.4. The first-order chi connectivity index (χ1) is 19.1. The third kappa shape index (κ3) is 6.17. The molecule has 39 heavy (non-hydrogen) atoms. The van der Waals surface area contributed by atoms with Crippen LogP contribution in [0.2, 0.25) is 0 Å². The summed E-state index contributed by atoms with van der Waals surface area (Å²) < 4.78 is 17.2. The van der Waals surface area contributed by atoms with E-state index >= 15 is 0 Å². The fourth-order valence-corrected chi connectivity index (χ4v) is 5.55. The molecule has 1 saturated heterocycles. The quantitative estimate of drug-likeness (QED) is 0.270. The minimum Gasteiger partial charge on any atom is -0.496 e. The highest BCUT2D eigenvalue weighted by molar-refractivity contribution is 5.43. The van der Waals surface area contributed by atoms with Crippen LogP contribution in [0.5, 0.6) is 11.5 Å². The zero-order valence-electron chi connectivity index (χ0n) is 22.5. The number of rotatable bonds is 10. The molecule has 1 aliphatic heterocycles. The number of ether oxygens (including phenoxy) is 3. The molecule has 5 rings (SSSR count). The Morgan fingerprint density at radius 1 is 0.641 bits per heavy atom. The first-order valence-corrected chi connectivity index (χ1v) is 13.4. The van der Waals surface area contributed by atoms with E-state index in [0.29, 0.717) is 13.2 Å². The highest BCUT2D eigenvalue weighted by Crippen LogP contribution is 2.42. The average molecular weight is 525 g/mol. The molecule has 2 N–H and O–H groups in total. The molecule has 1 aliphatic rings. The smallest absolute Gasteiger partial charge is 0.122 e. The lowest BCUT2D eigenvalue weighted by molar-refractivity contribution is 0.0303. The van der Waals surface area contributed by atoms with Gasteiger partial charge in [0.25, 0.3) is 0 Å². The minimum absolute atomic E-state index is 0.264. The fraction of sp³-hybridized carbons (Fsp3) is 0.294. The van der Waals surface area contributed by atoms with Gasteiger partial charge in [-0.15, -0.1) is 0 Å². The van der Waals surface area contributed by atoms with E-state index in [2.05, 4.69) is 24.3 Å². The molecule has 0 radical (unpaired) electrons. The van der Waals surface area contributed by atoms with Gasteiger partial charge in [-0.2, -0.15) is 0 Å². The predicted octanol–water partition coefficient (Wildman–Crippen LogP) is 5.92. The Balaban J connectivity index is 1.33. The second-order valence-corrected chi connectivity index (χ2v) is 10.2. The van der Waals surface area contributed by atoms with Gasteiger partial charge in [-0.1, -0.05) is 84.9 Å². The lowest BCUT2D eigenvalue weighted by Gasteiger charge is -2.28. The molecular weight excluding hydrogens is 488 g/mol. The molecule has 0 aliphatic carbocycles. The van der Waals surface area contributed by atoms with Crippen molar-refractivity contribution in [2.45, 2.75) is 25.0 Å². The summed E-state index contributed by atoms with van der Waals surface area (Å²) in [4.78, 5) is 0. The van der Waals surface area contributed by atoms with E-state index in [1.165, 1.54) is 11.1 Å². The monoisotopic (exact) mass is 524 g/mol. The highest BCUT2D eigenvalue weighted by Gasteiger charge is 2.39. The van der Waals surface area contributed by atoms with Gasteiger partial charge >= 0.3 is 0 Å². The van der Waals surface area contributed by atoms with Gasteiger partial charge in [0.1, 0.15) is 11.5 Å². The number of hydrogen-bond donors (Lipinski definition) is 2. The molecule has 5 nitrogen and oxygen atoms in total. The SMILES string of the molecule is COc1cc([C@@H](O)[C@H]2COC[C@@H]2[C@@H](O)c2ccc(Cc3ccccc3)c(OC)c2)ccc1Cc1ccccc1. The Hall–Kier alpha value is -3.64. The Kier molecular flexibility index (Phi) is 8.62. The summed E-state index contributed by atoms with van der Waals surface area (Å²) in [5.41, 5.74) is 6.02. The molecule has 4 atom stereocenters. The normalized spacial score (nSPS) is 18.5. The van der Waals surface area contributed by atoms with Gasteiger partial charge in [-0.05, 0) is 45.5 Å². The summed E-state index contributed by atoms with van der Waals surface area (Å²) >= 11 is 0. The predicted molar refractivity (Wildman–Crippen MR) is 152 cm³/mol. The maximum Gasteiger partial charge on any atom is 0.122 e. The van der Waals surface area contributed by atoms with Gasteiger partial charge in [-0.3, -0.25) is 0 Å². The zero-order valence-corrected chi connectivity index (χ0v) is 22.5. The van der Waals surface area contributed by atoms with Crippen molar-refractivity contribution >= 4 is 0 Å². The highest BCUT2D eigenvalue weighted by atomic mass is 16.5. The Bertz CT molecular complexity index is 1250. The largest absolute Gasteiger partial charge is 0.496 e. The molecule has 1 fully saturated rings. The minimum atomic E-state index is -0.800. The lowest BCUT2D eigenvalue weighted by Crippen LogP contribution is -2.26. The average Bonchev–Trinajstić information content (AvgIpc) is 3.48. The summed E-state index contributed by atoms with van der Waals surface area (Å²) in [6.07, 6.45) is -0.107. The van der Waals surface area contributed by atoms with Crippen LogP contribution in [-0.2, 0) is 17.6 Å². The van der Waals surface area contributed by atoms with Crippen molar-refractivity contribution in [2.24, 2.45) is 11.8 Å². The van der Waals surface area contributed by atoms with Crippen molar-refractivity contribution in [3.8, 4) is 11.5 Å². The van der Waals surface area contributed by atoms with Crippen molar-refractivity contribution in [2.75, 3.05) is 27.4 Å². The van der Waals surface area contributed by atoms with Crippen LogP contribution in [-0.4, -0.2) is 37.6 Å². The van der Waals surface area contributed by atoms with Gasteiger partial charge in [0, 0.05) is 24.7 Å². The van der Waals surface area contributed by atoms with Crippen LogP contribution in [0.4, 0.5) is 0 Å². The fourth-order valence-electron chi connectivity index (χ4n) is 5.55. The van der Waals surface area contributed by atoms with E-state index in [9.17, 15) is 10.2 Å². The third-order valence-corrected chi connectivity index (χ3v) is 7.76. The lowest BCUT2D eigenvalue weighted by atomic mass is 9.81. The van der Waals surface area contributed by atoms with Crippen molar-refractivity contribution < 1.29 is 24.4 Å². The molecule has 0 spiro atoms. The summed E-state index contributed by atoms with van der Waals surface area (Å²) in [7, 11) is 3.31. The second-order valence-electron chi connectivity index (χ2n) is 10.2. The van der Waals surface area contributed by atoms with E-state index in [1.54, 1.807) is 14.2 Å². The van der Waals surface area contributed by atoms with Crippen LogP contribution in [0.3, 0.4) is 0 Å². The van der Waals surface area contributed by atoms with Crippen LogP contribution >= 0.6 is 0 Å². The van der Waals surface area contributed by atoms with Crippen LogP contribution in [0.25, 0.3) is 0 Å². The standard InChI is InChI=1S/C34H36O5/c1-37-31-19-27(15-13-25(31)17-23-9-5-3-6-10-23)33(35)29-21-39-22-30(29)34(36)28-16-14-26(32(20-28)38-2)18-24-11-7-4-8-12-24/h3-16,19-20,29-30,33-36H,17-18,21-22H2,1-2H3/t29-,30-,33-,34+/m0/s1. The van der Waals surface area contributed by atoms with E-state index in [1.807, 2.05) is 72.8 Å². The first kappa shape index (κ1) is 26.9. The summed E-state index contributed by atoms with van der Waals surface area (Å²) in [6.45, 7) is 0.750. The molecule has 0 unspecified atom stereocenters. The molecule has 0 aromatic heterocycles. The topological polar surface area (TPSA) is 68.2 Å². The van der Waals surface area contributed by atoms with Gasteiger partial charge in [0.2, 0.25) is 0 Å². The third-order valence-electron chi connectivity index (χ3n) is 7.76. The molecule has 4 aromatic carbocycles. The molecule has 0 amide bonds. The van der Waals surface area contributed by atoms with Gasteiger partial charge in [-0.25, -0.2) is 0 Å². The van der Waals surface area contributed by atoms with E-state index in [-0.39, 0.29) is 11.8 Å². The van der Waals surface area contributed by atoms with Crippen molar-refractivity contribution in [3.63, 3.8) is 0 Å². The van der Waals surface area contributed by atoms with Crippen LogP contribution in [0.15, 0.2) is 97.1 Å². The summed E-state index contributed by atoms with van der Waals surface area (Å²) in [5.74, 6) is 0.953. The molecule has 1 heterocycles. The van der Waals surface area contributed by atoms with E-state index < -0.39 is 12.2 Å². The molecule has 0 bridgehead atoms. The second kappa shape index (κ2) is 12.5. The molecule has 5 heteroatoms. The zero-order chi connectivity index (χ0) is 27.2. The Morgan fingerprint density at radius 3 is 1.44 bits per heavy atom. The first-order valence-electron chi connectivity index (χ1n) is 13.4. The number of aliphatic hydroxyl groups is 2.